The van der Waals surface area contributed by atoms with Gasteiger partial charge in [0.15, 0.2) is 0 Å². The number of halogens is 1. The molecule has 2 aromatic carbocycles. The van der Waals surface area contributed by atoms with E-state index in [1.165, 1.54) is 16.5 Å². The quantitative estimate of drug-likeness (QED) is 0.679. The Labute approximate surface area is 123 Å². The minimum absolute atomic E-state index is 0.533. The summed E-state index contributed by atoms with van der Waals surface area (Å²) in [6, 6.07) is 16.0. The lowest BCUT2D eigenvalue weighted by Crippen LogP contribution is -2.01. The van der Waals surface area contributed by atoms with E-state index in [1.807, 2.05) is 24.3 Å². The number of aromatic nitrogens is 1. The van der Waals surface area contributed by atoms with Crippen LogP contribution in [0.4, 0.5) is 0 Å². The van der Waals surface area contributed by atoms with E-state index in [4.69, 9.17) is 16.3 Å². The molecule has 0 aliphatic carbocycles. The van der Waals surface area contributed by atoms with Gasteiger partial charge in [-0.05, 0) is 42.8 Å². The lowest BCUT2D eigenvalue weighted by molar-refractivity contribution is 0.298. The number of fused-ring (bicyclic) bond motifs is 1. The van der Waals surface area contributed by atoms with Crippen molar-refractivity contribution >= 4 is 22.5 Å². The van der Waals surface area contributed by atoms with E-state index in [2.05, 4.69) is 42.8 Å². The summed E-state index contributed by atoms with van der Waals surface area (Å²) in [6.45, 7) is 2.66. The Morgan fingerprint density at radius 1 is 1.10 bits per heavy atom. The molecule has 102 valence electrons. The first-order valence-electron chi connectivity index (χ1n) is 6.57. The molecule has 0 saturated carbocycles. The van der Waals surface area contributed by atoms with Crippen LogP contribution < -0.4 is 4.74 Å². The Balaban J connectivity index is 1.88. The van der Waals surface area contributed by atoms with Crippen LogP contribution in [-0.2, 0) is 13.7 Å². The minimum atomic E-state index is 0.533. The van der Waals surface area contributed by atoms with E-state index < -0.39 is 0 Å². The van der Waals surface area contributed by atoms with Crippen LogP contribution in [0.5, 0.6) is 5.75 Å². The van der Waals surface area contributed by atoms with Gasteiger partial charge in [-0.3, -0.25) is 0 Å². The molecule has 0 amide bonds. The van der Waals surface area contributed by atoms with Crippen LogP contribution in [0.15, 0.2) is 48.5 Å². The van der Waals surface area contributed by atoms with Crippen molar-refractivity contribution in [1.82, 2.24) is 4.57 Å². The van der Waals surface area contributed by atoms with Crippen molar-refractivity contribution in [2.75, 3.05) is 0 Å². The highest BCUT2D eigenvalue weighted by molar-refractivity contribution is 6.30. The maximum absolute atomic E-state index is 5.96. The van der Waals surface area contributed by atoms with Gasteiger partial charge in [0.25, 0.3) is 0 Å². The summed E-state index contributed by atoms with van der Waals surface area (Å²) in [7, 11) is 2.07. The number of hydrogen-bond donors (Lipinski definition) is 0. The highest BCUT2D eigenvalue weighted by atomic mass is 35.5. The average Bonchev–Trinajstić information content (AvgIpc) is 2.75. The number of ether oxygens (including phenoxy) is 1. The normalized spacial score (nSPS) is 10.9. The molecule has 0 bridgehead atoms. The summed E-state index contributed by atoms with van der Waals surface area (Å²) in [5.41, 5.74) is 3.66. The van der Waals surface area contributed by atoms with Gasteiger partial charge in [-0.25, -0.2) is 0 Å². The van der Waals surface area contributed by atoms with Gasteiger partial charge in [-0.1, -0.05) is 29.8 Å². The van der Waals surface area contributed by atoms with Crippen molar-refractivity contribution in [2.24, 2.45) is 7.05 Å². The third kappa shape index (κ3) is 2.39. The number of hydrogen-bond acceptors (Lipinski definition) is 1. The van der Waals surface area contributed by atoms with Gasteiger partial charge in [0.2, 0.25) is 0 Å². The molecule has 3 aromatic rings. The summed E-state index contributed by atoms with van der Waals surface area (Å²) >= 11 is 5.96. The fourth-order valence-electron chi connectivity index (χ4n) is 2.42. The molecule has 0 unspecified atom stereocenters. The molecule has 3 heteroatoms. The van der Waals surface area contributed by atoms with Crippen molar-refractivity contribution in [3.05, 3.63) is 64.8 Å². The SMILES string of the molecule is Cc1cccc2c1cc(COc1cccc(Cl)c1)n2C. The number of aryl methyl sites for hydroxylation is 2. The minimum Gasteiger partial charge on any atom is -0.487 e. The Morgan fingerprint density at radius 2 is 1.90 bits per heavy atom. The number of benzene rings is 2. The van der Waals surface area contributed by atoms with E-state index in [-0.39, 0.29) is 0 Å². The first-order valence-corrected chi connectivity index (χ1v) is 6.95. The topological polar surface area (TPSA) is 14.2 Å². The predicted octanol–water partition coefficient (Wildman–Crippen LogP) is 4.72. The smallest absolute Gasteiger partial charge is 0.128 e. The lowest BCUT2D eigenvalue weighted by atomic mass is 10.1. The van der Waals surface area contributed by atoms with E-state index in [1.54, 1.807) is 0 Å². The van der Waals surface area contributed by atoms with Crippen molar-refractivity contribution in [1.29, 1.82) is 0 Å². The van der Waals surface area contributed by atoms with Crippen LogP contribution in [0.3, 0.4) is 0 Å². The maximum Gasteiger partial charge on any atom is 0.128 e. The molecule has 0 N–H and O–H groups in total. The van der Waals surface area contributed by atoms with E-state index in [0.717, 1.165) is 11.4 Å². The molecule has 1 heterocycles. The van der Waals surface area contributed by atoms with E-state index in [0.29, 0.717) is 11.6 Å². The molecule has 1 aromatic heterocycles. The Morgan fingerprint density at radius 3 is 2.65 bits per heavy atom. The molecule has 0 radical (unpaired) electrons. The third-order valence-corrected chi connectivity index (χ3v) is 3.82. The second kappa shape index (κ2) is 5.22. The zero-order chi connectivity index (χ0) is 14.1. The first kappa shape index (κ1) is 13.1. The maximum atomic E-state index is 5.96. The van der Waals surface area contributed by atoms with Crippen molar-refractivity contribution in [2.45, 2.75) is 13.5 Å². The molecular formula is C17H16ClNO. The van der Waals surface area contributed by atoms with Gasteiger partial charge in [0.1, 0.15) is 12.4 Å². The molecule has 0 aliphatic rings. The van der Waals surface area contributed by atoms with Crippen molar-refractivity contribution in [3.63, 3.8) is 0 Å². The van der Waals surface area contributed by atoms with Gasteiger partial charge < -0.3 is 9.30 Å². The standard InChI is InChI=1S/C17H16ClNO/c1-12-5-3-8-17-16(12)10-14(19(17)2)11-20-15-7-4-6-13(18)9-15/h3-10H,11H2,1-2H3. The zero-order valence-electron chi connectivity index (χ0n) is 11.6. The molecule has 2 nitrogen and oxygen atoms in total. The largest absolute Gasteiger partial charge is 0.487 e. The number of rotatable bonds is 3. The Bertz CT molecular complexity index is 761. The zero-order valence-corrected chi connectivity index (χ0v) is 12.3. The van der Waals surface area contributed by atoms with Crippen LogP contribution >= 0.6 is 11.6 Å². The van der Waals surface area contributed by atoms with Gasteiger partial charge in [-0.2, -0.15) is 0 Å². The second-order valence-corrected chi connectivity index (χ2v) is 5.38. The highest BCUT2D eigenvalue weighted by Gasteiger charge is 2.08. The molecule has 20 heavy (non-hydrogen) atoms. The third-order valence-electron chi connectivity index (χ3n) is 3.59. The number of nitrogens with zero attached hydrogens (tertiary/aromatic N) is 1. The van der Waals surface area contributed by atoms with Gasteiger partial charge in [-0.15, -0.1) is 0 Å². The average molecular weight is 286 g/mol. The molecule has 3 rings (SSSR count). The van der Waals surface area contributed by atoms with Crippen molar-refractivity contribution < 1.29 is 4.74 Å². The monoisotopic (exact) mass is 285 g/mol. The Kier molecular flexibility index (Phi) is 3.41. The summed E-state index contributed by atoms with van der Waals surface area (Å²) < 4.78 is 7.99. The summed E-state index contributed by atoms with van der Waals surface area (Å²) in [4.78, 5) is 0. The highest BCUT2D eigenvalue weighted by Crippen LogP contribution is 2.24. The fourth-order valence-corrected chi connectivity index (χ4v) is 2.60. The van der Waals surface area contributed by atoms with E-state index in [9.17, 15) is 0 Å². The van der Waals surface area contributed by atoms with E-state index >= 15 is 0 Å². The second-order valence-electron chi connectivity index (χ2n) is 4.95. The fraction of sp³-hybridized carbons (Fsp3) is 0.176. The van der Waals surface area contributed by atoms with Gasteiger partial charge >= 0.3 is 0 Å². The van der Waals surface area contributed by atoms with Gasteiger partial charge in [0.05, 0.1) is 5.69 Å². The van der Waals surface area contributed by atoms with Crippen LogP contribution in [0, 0.1) is 6.92 Å². The van der Waals surface area contributed by atoms with Crippen LogP contribution in [0.1, 0.15) is 11.3 Å². The predicted molar refractivity (Wildman–Crippen MR) is 83.4 cm³/mol. The summed E-state index contributed by atoms with van der Waals surface area (Å²) in [5.74, 6) is 0.791. The Hall–Kier alpha value is -1.93. The lowest BCUT2D eigenvalue weighted by Gasteiger charge is -2.07. The molecule has 0 atom stereocenters. The van der Waals surface area contributed by atoms with Crippen LogP contribution in [0.2, 0.25) is 5.02 Å². The summed E-state index contributed by atoms with van der Waals surface area (Å²) in [6.07, 6.45) is 0. The molecular weight excluding hydrogens is 270 g/mol. The summed E-state index contributed by atoms with van der Waals surface area (Å²) in [5, 5.41) is 1.97. The molecule has 0 saturated heterocycles. The van der Waals surface area contributed by atoms with Crippen molar-refractivity contribution in [3.8, 4) is 5.75 Å². The molecule has 0 aliphatic heterocycles. The molecule has 0 fully saturated rings. The van der Waals surface area contributed by atoms with Gasteiger partial charge in [0, 0.05) is 23.0 Å². The first-order chi connectivity index (χ1) is 9.65. The van der Waals surface area contributed by atoms with Crippen LogP contribution in [0.25, 0.3) is 10.9 Å². The molecule has 0 spiro atoms. The van der Waals surface area contributed by atoms with Crippen LogP contribution in [-0.4, -0.2) is 4.57 Å².